The van der Waals surface area contributed by atoms with Gasteiger partial charge in [0.1, 0.15) is 17.8 Å². The summed E-state index contributed by atoms with van der Waals surface area (Å²) in [6, 6.07) is 5.43. The first-order valence-corrected chi connectivity index (χ1v) is 10.1. The summed E-state index contributed by atoms with van der Waals surface area (Å²) in [6.45, 7) is 1.94. The maximum absolute atomic E-state index is 12.7. The molecule has 3 rings (SSSR count). The van der Waals surface area contributed by atoms with Crippen LogP contribution in [0, 0.1) is 0 Å². The molecule has 0 aliphatic heterocycles. The molecule has 0 fully saturated rings. The van der Waals surface area contributed by atoms with Crippen molar-refractivity contribution in [3.05, 3.63) is 24.5 Å². The Kier molecular flexibility index (Phi) is 6.47. The van der Waals surface area contributed by atoms with Gasteiger partial charge in [0.05, 0.1) is 25.0 Å². The first kappa shape index (κ1) is 20.1. The fourth-order valence-electron chi connectivity index (χ4n) is 2.38. The number of carbonyl (C=O) groups excluding carboxylic acids is 1. The highest BCUT2D eigenvalue weighted by molar-refractivity contribution is 8.00. The molecular weight excluding hydrogens is 400 g/mol. The van der Waals surface area contributed by atoms with E-state index in [0.29, 0.717) is 33.2 Å². The minimum Gasteiger partial charge on any atom is -0.497 e. The van der Waals surface area contributed by atoms with Gasteiger partial charge in [-0.2, -0.15) is 0 Å². The molecule has 0 saturated heterocycles. The van der Waals surface area contributed by atoms with Gasteiger partial charge in [-0.15, -0.1) is 20.4 Å². The SMILES string of the molecule is CC[C@H](Sc1nncn1C)C(=O)Nc1nnc(-c2cc(OC)ccc2OC)s1. The number of aryl methyl sites for hydroxylation is 1. The Balaban J connectivity index is 1.75. The normalized spacial score (nSPS) is 11.9. The summed E-state index contributed by atoms with van der Waals surface area (Å²) in [5, 5.41) is 20.4. The molecule has 1 N–H and O–H groups in total. The molecule has 0 aliphatic carbocycles. The van der Waals surface area contributed by atoms with Crippen molar-refractivity contribution in [1.29, 1.82) is 0 Å². The Morgan fingerprint density at radius 2 is 2.11 bits per heavy atom. The van der Waals surface area contributed by atoms with Crippen LogP contribution >= 0.6 is 23.1 Å². The monoisotopic (exact) mass is 420 g/mol. The first-order chi connectivity index (χ1) is 13.5. The van der Waals surface area contributed by atoms with Gasteiger partial charge in [-0.1, -0.05) is 30.0 Å². The molecule has 2 aromatic heterocycles. The van der Waals surface area contributed by atoms with E-state index < -0.39 is 0 Å². The highest BCUT2D eigenvalue weighted by Gasteiger charge is 2.22. The molecule has 28 heavy (non-hydrogen) atoms. The van der Waals surface area contributed by atoms with E-state index in [4.69, 9.17) is 9.47 Å². The van der Waals surface area contributed by atoms with E-state index in [1.165, 1.54) is 23.1 Å². The lowest BCUT2D eigenvalue weighted by Crippen LogP contribution is -2.24. The van der Waals surface area contributed by atoms with Crippen molar-refractivity contribution in [2.45, 2.75) is 23.8 Å². The molecule has 0 radical (unpaired) electrons. The van der Waals surface area contributed by atoms with Crippen LogP contribution in [0.25, 0.3) is 10.6 Å². The lowest BCUT2D eigenvalue weighted by Gasteiger charge is -2.12. The lowest BCUT2D eigenvalue weighted by atomic mass is 10.2. The number of amides is 1. The number of carbonyl (C=O) groups is 1. The van der Waals surface area contributed by atoms with E-state index in [2.05, 4.69) is 25.7 Å². The van der Waals surface area contributed by atoms with Gasteiger partial charge in [0.2, 0.25) is 11.0 Å². The Hall–Kier alpha value is -2.66. The van der Waals surface area contributed by atoms with Gasteiger partial charge >= 0.3 is 0 Å². The zero-order chi connectivity index (χ0) is 20.1. The van der Waals surface area contributed by atoms with E-state index in [1.54, 1.807) is 31.2 Å². The van der Waals surface area contributed by atoms with Crippen LogP contribution in [-0.2, 0) is 11.8 Å². The number of methoxy groups -OCH3 is 2. The summed E-state index contributed by atoms with van der Waals surface area (Å²) in [7, 11) is 5.02. The van der Waals surface area contributed by atoms with E-state index in [0.717, 1.165) is 5.56 Å². The van der Waals surface area contributed by atoms with Crippen LogP contribution < -0.4 is 14.8 Å². The van der Waals surface area contributed by atoms with Crippen LogP contribution in [0.2, 0.25) is 0 Å². The summed E-state index contributed by atoms with van der Waals surface area (Å²) in [6.07, 6.45) is 2.24. The molecule has 9 nitrogen and oxygen atoms in total. The topological polar surface area (TPSA) is 104 Å². The molecule has 2 heterocycles. The van der Waals surface area contributed by atoms with E-state index in [-0.39, 0.29) is 11.2 Å². The van der Waals surface area contributed by atoms with Crippen molar-refractivity contribution in [3.63, 3.8) is 0 Å². The number of thioether (sulfide) groups is 1. The molecule has 148 valence electrons. The number of rotatable bonds is 8. The van der Waals surface area contributed by atoms with Crippen molar-refractivity contribution in [2.75, 3.05) is 19.5 Å². The molecule has 0 saturated carbocycles. The minimum absolute atomic E-state index is 0.157. The Labute approximate surface area is 170 Å². The predicted molar refractivity (Wildman–Crippen MR) is 108 cm³/mol. The second kappa shape index (κ2) is 9.02. The molecule has 0 aliphatic rings. The van der Waals surface area contributed by atoms with Crippen LogP contribution in [0.15, 0.2) is 29.7 Å². The Morgan fingerprint density at radius 3 is 2.75 bits per heavy atom. The Bertz CT molecular complexity index is 958. The van der Waals surface area contributed by atoms with Crippen LogP contribution in [0.5, 0.6) is 11.5 Å². The summed E-state index contributed by atoms with van der Waals surface area (Å²) in [4.78, 5) is 12.7. The molecule has 11 heteroatoms. The van der Waals surface area contributed by atoms with Crippen LogP contribution in [-0.4, -0.2) is 50.3 Å². The summed E-state index contributed by atoms with van der Waals surface area (Å²) < 4.78 is 12.4. The summed E-state index contributed by atoms with van der Waals surface area (Å²) >= 11 is 2.63. The van der Waals surface area contributed by atoms with E-state index >= 15 is 0 Å². The average molecular weight is 421 g/mol. The third-order valence-electron chi connectivity index (χ3n) is 3.87. The molecule has 3 aromatic rings. The van der Waals surface area contributed by atoms with Crippen LogP contribution in [0.4, 0.5) is 5.13 Å². The predicted octanol–water partition coefficient (Wildman–Crippen LogP) is 2.86. The van der Waals surface area contributed by atoms with Gasteiger partial charge in [0, 0.05) is 7.05 Å². The van der Waals surface area contributed by atoms with Gasteiger partial charge in [-0.3, -0.25) is 10.1 Å². The van der Waals surface area contributed by atoms with Crippen LogP contribution in [0.3, 0.4) is 0 Å². The zero-order valence-corrected chi connectivity index (χ0v) is 17.5. The van der Waals surface area contributed by atoms with Crippen molar-refractivity contribution in [2.24, 2.45) is 7.05 Å². The largest absolute Gasteiger partial charge is 0.497 e. The number of ether oxygens (including phenoxy) is 2. The molecular formula is C17H20N6O3S2. The molecule has 0 bridgehead atoms. The van der Waals surface area contributed by atoms with Crippen molar-refractivity contribution < 1.29 is 14.3 Å². The van der Waals surface area contributed by atoms with Gasteiger partial charge in [-0.05, 0) is 24.6 Å². The first-order valence-electron chi connectivity index (χ1n) is 8.43. The van der Waals surface area contributed by atoms with E-state index in [1.807, 2.05) is 26.1 Å². The fourth-order valence-corrected chi connectivity index (χ4v) is 4.04. The highest BCUT2D eigenvalue weighted by Crippen LogP contribution is 2.36. The lowest BCUT2D eigenvalue weighted by molar-refractivity contribution is -0.115. The summed E-state index contributed by atoms with van der Waals surface area (Å²) in [5.41, 5.74) is 0.750. The highest BCUT2D eigenvalue weighted by atomic mass is 32.2. The molecule has 1 amide bonds. The number of benzene rings is 1. The number of nitrogens with zero attached hydrogens (tertiary/aromatic N) is 5. The van der Waals surface area contributed by atoms with Gasteiger partial charge in [-0.25, -0.2) is 0 Å². The number of aromatic nitrogens is 5. The molecule has 1 atom stereocenters. The fraction of sp³-hybridized carbons (Fsp3) is 0.353. The van der Waals surface area contributed by atoms with Gasteiger partial charge in [0.15, 0.2) is 10.2 Å². The standard InChI is InChI=1S/C17H20N6O3S2/c1-5-13(27-17-22-18-9-23(17)2)14(24)19-16-21-20-15(28-16)11-8-10(25-3)6-7-12(11)26-4/h6-9,13H,5H2,1-4H3,(H,19,21,24)/t13-/m0/s1. The molecule has 1 aromatic carbocycles. The van der Waals surface area contributed by atoms with E-state index in [9.17, 15) is 4.79 Å². The van der Waals surface area contributed by atoms with Gasteiger partial charge in [0.25, 0.3) is 0 Å². The zero-order valence-electron chi connectivity index (χ0n) is 15.9. The number of anilines is 1. The second-order valence-electron chi connectivity index (χ2n) is 5.71. The van der Waals surface area contributed by atoms with Crippen LogP contribution in [0.1, 0.15) is 13.3 Å². The maximum Gasteiger partial charge on any atom is 0.239 e. The van der Waals surface area contributed by atoms with Crippen molar-refractivity contribution >= 4 is 34.1 Å². The maximum atomic E-state index is 12.7. The quantitative estimate of drug-likeness (QED) is 0.555. The third kappa shape index (κ3) is 4.42. The third-order valence-corrected chi connectivity index (χ3v) is 6.16. The number of nitrogens with one attached hydrogen (secondary N) is 1. The van der Waals surface area contributed by atoms with Gasteiger partial charge < -0.3 is 14.0 Å². The summed E-state index contributed by atoms with van der Waals surface area (Å²) in [5.74, 6) is 1.18. The van der Waals surface area contributed by atoms with Crippen molar-refractivity contribution in [1.82, 2.24) is 25.0 Å². The Morgan fingerprint density at radius 1 is 1.29 bits per heavy atom. The molecule has 0 unspecified atom stereocenters. The number of hydrogen-bond acceptors (Lipinski definition) is 9. The van der Waals surface area contributed by atoms with Crippen molar-refractivity contribution in [3.8, 4) is 22.1 Å². The average Bonchev–Trinajstić information content (AvgIpc) is 3.34. The number of hydrogen-bond donors (Lipinski definition) is 1. The molecule has 0 spiro atoms. The smallest absolute Gasteiger partial charge is 0.239 e. The minimum atomic E-state index is -0.318. The second-order valence-corrected chi connectivity index (χ2v) is 7.85.